The molecule has 0 N–H and O–H groups in total. The van der Waals surface area contributed by atoms with Gasteiger partial charge >= 0.3 is 17.9 Å². The minimum Gasteiger partial charge on any atom is -0.423 e. The van der Waals surface area contributed by atoms with Gasteiger partial charge in [-0.05, 0) is 324 Å². The number of hydrogen-bond acceptors (Lipinski definition) is 9. The van der Waals surface area contributed by atoms with Crippen molar-refractivity contribution >= 4 is 101 Å². The van der Waals surface area contributed by atoms with Crippen LogP contribution in [0.4, 0.5) is 51.2 Å². The van der Waals surface area contributed by atoms with Gasteiger partial charge in [0, 0.05) is 72.8 Å². The zero-order valence-electron chi connectivity index (χ0n) is 73.2. The highest BCUT2D eigenvalue weighted by atomic mass is 16.5. The van der Waals surface area contributed by atoms with E-state index in [4.69, 9.17) is 14.2 Å². The molecule has 0 aromatic heterocycles. The number of rotatable bonds is 18. The lowest BCUT2D eigenvalue weighted by Gasteiger charge is -2.32. The fraction of sp³-hybridized carbons (Fsp3) is 0.118. The van der Waals surface area contributed by atoms with Crippen LogP contribution in [0.3, 0.4) is 0 Å². The molecule has 0 spiro atoms. The van der Waals surface area contributed by atoms with Gasteiger partial charge < -0.3 is 28.9 Å². The van der Waals surface area contributed by atoms with Crippen molar-refractivity contribution in [3.63, 3.8) is 0 Å². The fourth-order valence-electron chi connectivity index (χ4n) is 20.6. The van der Waals surface area contributed by atoms with Crippen LogP contribution in [0, 0.1) is 20.8 Å². The summed E-state index contributed by atoms with van der Waals surface area (Å²) in [6.07, 6.45) is 0. The number of carbonyl (C=O) groups excluding carboxylic acids is 3. The molecule has 0 radical (unpaired) electrons. The number of aryl methyl sites for hydroxylation is 3. The molecule has 9 heteroatoms. The quantitative estimate of drug-likeness (QED) is 0.0473. The topological polar surface area (TPSA) is 88.6 Å². The van der Waals surface area contributed by atoms with Gasteiger partial charge in [0.25, 0.3) is 0 Å². The van der Waals surface area contributed by atoms with Gasteiger partial charge in [-0.1, -0.05) is 260 Å². The van der Waals surface area contributed by atoms with E-state index < -0.39 is 23.3 Å². The van der Waals surface area contributed by atoms with Gasteiger partial charge in [0.15, 0.2) is 0 Å². The molecule has 620 valence electrons. The van der Waals surface area contributed by atoms with Crippen molar-refractivity contribution in [1.82, 2.24) is 0 Å². The SMILES string of the molecule is Cc1cc(N(c2cccc(C(=O)Oc3ccc(C(C)(c4ccc(OC(=O)c5cccc(N(c6ccc7c(c6)C(C)(C)c6ccccc6-7)c6cc(C)c7ccccc7c6)c5)cc4)c4ccc(OC(=O)c5cccc(N(c6ccc7c(c6)C(C)(C)c6ccccc6-7)c6cc(C)c7ccccc7c6)c5)cc4)cc3)c2)c2ccc3c(c2)C(C)(C)c2ccccc2-3)cc2ccccc12. The molecular weight excluding hydrogens is 1570 g/mol. The van der Waals surface area contributed by atoms with Gasteiger partial charge in [0.2, 0.25) is 0 Å². The Bertz CT molecular complexity index is 6880. The lowest BCUT2D eigenvalue weighted by atomic mass is 9.71. The zero-order chi connectivity index (χ0) is 87.6. The first-order valence-electron chi connectivity index (χ1n) is 43.9. The van der Waals surface area contributed by atoms with Crippen LogP contribution in [-0.4, -0.2) is 17.9 Å². The van der Waals surface area contributed by atoms with Gasteiger partial charge in [0.1, 0.15) is 17.2 Å². The second-order valence-electron chi connectivity index (χ2n) is 36.2. The van der Waals surface area contributed by atoms with Crippen molar-refractivity contribution in [2.75, 3.05) is 14.7 Å². The number of nitrogens with zero attached hydrogens (tertiary/aromatic N) is 3. The molecule has 18 aromatic carbocycles. The number of carbonyl (C=O) groups is 3. The molecule has 3 aliphatic carbocycles. The molecule has 0 heterocycles. The molecule has 21 rings (SSSR count). The maximum absolute atomic E-state index is 14.9. The smallest absolute Gasteiger partial charge is 0.343 e. The van der Waals surface area contributed by atoms with E-state index in [2.05, 4.69) is 321 Å². The van der Waals surface area contributed by atoms with Crippen molar-refractivity contribution in [2.24, 2.45) is 0 Å². The molecule has 0 amide bonds. The lowest BCUT2D eigenvalue weighted by Crippen LogP contribution is -2.25. The maximum atomic E-state index is 14.9. The van der Waals surface area contributed by atoms with Gasteiger partial charge in [-0.15, -0.1) is 0 Å². The van der Waals surface area contributed by atoms with Crippen LogP contribution in [-0.2, 0) is 21.7 Å². The Kier molecular flexibility index (Phi) is 19.3. The molecule has 0 unspecified atom stereocenters. The highest BCUT2D eigenvalue weighted by Gasteiger charge is 2.40. The van der Waals surface area contributed by atoms with Gasteiger partial charge in [-0.2, -0.15) is 0 Å². The summed E-state index contributed by atoms with van der Waals surface area (Å²) in [4.78, 5) is 51.3. The maximum Gasteiger partial charge on any atom is 0.343 e. The Morgan fingerprint density at radius 3 is 0.773 bits per heavy atom. The van der Waals surface area contributed by atoms with E-state index in [-0.39, 0.29) is 16.2 Å². The van der Waals surface area contributed by atoms with Gasteiger partial charge in [-0.25, -0.2) is 14.4 Å². The van der Waals surface area contributed by atoms with Crippen LogP contribution in [0.15, 0.2) is 382 Å². The van der Waals surface area contributed by atoms with Crippen LogP contribution >= 0.6 is 0 Å². The number of hydrogen-bond donors (Lipinski definition) is 0. The van der Waals surface area contributed by atoms with Crippen LogP contribution in [0.5, 0.6) is 17.2 Å². The third-order valence-electron chi connectivity index (χ3n) is 27.4. The number of ether oxygens (including phenoxy) is 3. The summed E-state index contributed by atoms with van der Waals surface area (Å²) in [5, 5.41) is 6.86. The molecule has 9 nitrogen and oxygen atoms in total. The highest BCUT2D eigenvalue weighted by Crippen LogP contribution is 2.56. The third-order valence-corrected chi connectivity index (χ3v) is 27.4. The Morgan fingerprint density at radius 1 is 0.234 bits per heavy atom. The van der Waals surface area contributed by atoms with E-state index in [1.807, 2.05) is 127 Å². The molecule has 0 fully saturated rings. The van der Waals surface area contributed by atoms with E-state index >= 15 is 0 Å². The Balaban J connectivity index is 0.598. The molecule has 128 heavy (non-hydrogen) atoms. The van der Waals surface area contributed by atoms with E-state index in [9.17, 15) is 14.4 Å². The van der Waals surface area contributed by atoms with Crippen molar-refractivity contribution in [2.45, 2.75) is 90.9 Å². The summed E-state index contributed by atoms with van der Waals surface area (Å²) < 4.78 is 19.2. The Morgan fingerprint density at radius 2 is 0.484 bits per heavy atom. The molecule has 0 atom stereocenters. The molecular formula is C119H93N3O6. The summed E-state index contributed by atoms with van der Waals surface area (Å²) in [6.45, 7) is 22.3. The van der Waals surface area contributed by atoms with E-state index in [0.717, 1.165) is 101 Å². The van der Waals surface area contributed by atoms with Crippen molar-refractivity contribution in [3.8, 4) is 50.6 Å². The highest BCUT2D eigenvalue weighted by molar-refractivity contribution is 6.01. The molecule has 0 saturated carbocycles. The minimum atomic E-state index is -0.926. The third kappa shape index (κ3) is 13.7. The predicted molar refractivity (Wildman–Crippen MR) is 523 cm³/mol. The van der Waals surface area contributed by atoms with E-state index in [1.54, 1.807) is 18.2 Å². The van der Waals surface area contributed by atoms with Crippen LogP contribution in [0.1, 0.15) is 146 Å². The first kappa shape index (κ1) is 79.7. The average molecular weight is 1660 g/mol. The van der Waals surface area contributed by atoms with Gasteiger partial charge in [-0.3, -0.25) is 0 Å². The molecule has 0 saturated heterocycles. The fourth-order valence-corrected chi connectivity index (χ4v) is 20.6. The lowest BCUT2D eigenvalue weighted by molar-refractivity contribution is 0.0725. The predicted octanol–water partition coefficient (Wildman–Crippen LogP) is 30.4. The summed E-state index contributed by atoms with van der Waals surface area (Å²) >= 11 is 0. The van der Waals surface area contributed by atoms with E-state index in [1.165, 1.54) is 82.9 Å². The summed E-state index contributed by atoms with van der Waals surface area (Å²) in [5.74, 6) is -0.507. The number of anilines is 9. The molecule has 18 aromatic rings. The van der Waals surface area contributed by atoms with Crippen LogP contribution in [0.25, 0.3) is 65.7 Å². The number of benzene rings is 18. The number of esters is 3. The standard InChI is InChI=1S/C119H93N3O6/c1-74-62-92(65-77-26-11-14-35-98(74)77)120(89-50-59-104-101-38-17-20-41-107(101)116(4,5)110(104)71-89)86-32-23-29-80(68-86)113(123)126-95-53-44-83(45-54-95)119(10,84-46-55-96(56-47-84)127-114(124)81-30-24-33-87(69-81)121(93-63-75(2)99-36-15-12-27-78(99)66-93)90-51-60-105-102-39-18-21-42-108(102)117(6,7)111(105)72-90)85-48-57-97(58-49-85)128-115(125)82-31-25-34-88(70-82)122(94-64-76(3)100-37-16-13-28-79(100)67-94)91-52-61-106-103-40-19-22-43-109(103)118(8,9)112(106)73-91/h11-73H,1-10H3. The largest absolute Gasteiger partial charge is 0.423 e. The van der Waals surface area contributed by atoms with Crippen molar-refractivity contribution < 1.29 is 28.6 Å². The summed E-state index contributed by atoms with van der Waals surface area (Å²) in [7, 11) is 0. The number of fused-ring (bicyclic) bond motifs is 12. The summed E-state index contributed by atoms with van der Waals surface area (Å²) in [5.41, 5.74) is 28.6. The monoisotopic (exact) mass is 1660 g/mol. The first-order valence-corrected chi connectivity index (χ1v) is 43.9. The second kappa shape index (κ2) is 31.0. The normalized spacial score (nSPS) is 13.4. The van der Waals surface area contributed by atoms with Crippen molar-refractivity contribution in [3.05, 3.63) is 466 Å². The van der Waals surface area contributed by atoms with Gasteiger partial charge in [0.05, 0.1) is 16.7 Å². The second-order valence-corrected chi connectivity index (χ2v) is 36.2. The average Bonchev–Trinajstić information content (AvgIpc) is 1.61. The molecule has 3 aliphatic rings. The molecule has 0 aliphatic heterocycles. The first-order chi connectivity index (χ1) is 62.0. The van der Waals surface area contributed by atoms with Crippen LogP contribution in [0.2, 0.25) is 0 Å². The van der Waals surface area contributed by atoms with Crippen molar-refractivity contribution in [1.29, 1.82) is 0 Å². The summed E-state index contributed by atoms with van der Waals surface area (Å²) in [6, 6.07) is 131. The Labute approximate surface area is 747 Å². The minimum absolute atomic E-state index is 0.248. The van der Waals surface area contributed by atoms with E-state index in [0.29, 0.717) is 33.9 Å². The van der Waals surface area contributed by atoms with Crippen LogP contribution < -0.4 is 28.9 Å². The zero-order valence-corrected chi connectivity index (χ0v) is 73.2. The molecule has 0 bridgehead atoms. The Hall–Kier alpha value is -15.5.